The number of H-pyrrole nitrogens is 1. The largest absolute Gasteiger partial charge is 0.333 e. The third kappa shape index (κ3) is 3.67. The summed E-state index contributed by atoms with van der Waals surface area (Å²) in [5.74, 6) is -1.58. The summed E-state index contributed by atoms with van der Waals surface area (Å²) in [5, 5.41) is 12.8. The minimum absolute atomic E-state index is 0.0253. The maximum Gasteiger partial charge on any atom is 0.333 e. The first kappa shape index (κ1) is 19.0. The molecule has 0 saturated carbocycles. The van der Waals surface area contributed by atoms with E-state index in [4.69, 9.17) is 11.6 Å². The number of rotatable bonds is 4. The number of carbonyl (C=O) groups is 1. The first-order valence-corrected chi connectivity index (χ1v) is 8.01. The SMILES string of the molecule is O=C(Nc1ccc([N+](=O)[O-])cc1)c1c[nH]c(=O)n(-c2ccc(F)c(Cl)c2)c1=O. The van der Waals surface area contributed by atoms with Crippen LogP contribution in [0.5, 0.6) is 0 Å². The molecule has 0 aliphatic heterocycles. The third-order valence-corrected chi connectivity index (χ3v) is 4.01. The van der Waals surface area contributed by atoms with E-state index in [0.717, 1.165) is 24.4 Å². The van der Waals surface area contributed by atoms with Crippen molar-refractivity contribution in [3.63, 3.8) is 0 Å². The van der Waals surface area contributed by atoms with E-state index < -0.39 is 33.5 Å². The summed E-state index contributed by atoms with van der Waals surface area (Å²) in [4.78, 5) is 49.4. The van der Waals surface area contributed by atoms with Crippen molar-refractivity contribution in [2.75, 3.05) is 5.32 Å². The fourth-order valence-electron chi connectivity index (χ4n) is 2.36. The number of nitrogens with zero attached hydrogens (tertiary/aromatic N) is 2. The summed E-state index contributed by atoms with van der Waals surface area (Å²) in [6.07, 6.45) is 0.938. The van der Waals surface area contributed by atoms with Crippen molar-refractivity contribution in [2.24, 2.45) is 0 Å². The van der Waals surface area contributed by atoms with Crippen LogP contribution in [0.25, 0.3) is 5.69 Å². The van der Waals surface area contributed by atoms with Crippen LogP contribution in [0.2, 0.25) is 5.02 Å². The molecule has 1 heterocycles. The summed E-state index contributed by atoms with van der Waals surface area (Å²) >= 11 is 5.68. The zero-order valence-corrected chi connectivity index (χ0v) is 14.6. The van der Waals surface area contributed by atoms with Crippen LogP contribution < -0.4 is 16.6 Å². The van der Waals surface area contributed by atoms with Crippen molar-refractivity contribution in [3.8, 4) is 5.69 Å². The molecule has 0 fully saturated rings. The van der Waals surface area contributed by atoms with Crippen molar-refractivity contribution in [2.45, 2.75) is 0 Å². The number of aromatic nitrogens is 2. The maximum absolute atomic E-state index is 13.3. The topological polar surface area (TPSA) is 127 Å². The van der Waals surface area contributed by atoms with Gasteiger partial charge in [0.25, 0.3) is 17.2 Å². The molecule has 2 N–H and O–H groups in total. The zero-order valence-electron chi connectivity index (χ0n) is 13.8. The van der Waals surface area contributed by atoms with Gasteiger partial charge in [0.1, 0.15) is 11.4 Å². The van der Waals surface area contributed by atoms with Crippen LogP contribution >= 0.6 is 11.6 Å². The van der Waals surface area contributed by atoms with E-state index in [-0.39, 0.29) is 22.1 Å². The Bertz CT molecular complexity index is 1200. The van der Waals surface area contributed by atoms with Gasteiger partial charge in [-0.25, -0.2) is 13.8 Å². The molecule has 11 heteroatoms. The molecule has 28 heavy (non-hydrogen) atoms. The number of hydrogen-bond acceptors (Lipinski definition) is 5. The first-order valence-electron chi connectivity index (χ1n) is 7.64. The Hall–Kier alpha value is -3.79. The van der Waals surface area contributed by atoms with Gasteiger partial charge in [-0.2, -0.15) is 0 Å². The number of amides is 1. The van der Waals surface area contributed by atoms with E-state index in [1.165, 1.54) is 24.3 Å². The first-order chi connectivity index (χ1) is 13.3. The van der Waals surface area contributed by atoms with Gasteiger partial charge in [0, 0.05) is 24.0 Å². The highest BCUT2D eigenvalue weighted by molar-refractivity contribution is 6.30. The molecule has 2 aromatic carbocycles. The summed E-state index contributed by atoms with van der Waals surface area (Å²) in [7, 11) is 0. The van der Waals surface area contributed by atoms with Crippen molar-refractivity contribution in [1.82, 2.24) is 9.55 Å². The molecule has 1 aromatic heterocycles. The summed E-state index contributed by atoms with van der Waals surface area (Å²) in [6.45, 7) is 0. The smallest absolute Gasteiger partial charge is 0.322 e. The minimum atomic E-state index is -0.953. The normalized spacial score (nSPS) is 10.5. The van der Waals surface area contributed by atoms with E-state index in [1.807, 2.05) is 0 Å². The molecule has 0 unspecified atom stereocenters. The van der Waals surface area contributed by atoms with Gasteiger partial charge in [0.2, 0.25) is 0 Å². The number of nitrogens with one attached hydrogen (secondary N) is 2. The molecule has 3 rings (SSSR count). The Morgan fingerprint density at radius 3 is 2.46 bits per heavy atom. The number of aromatic amines is 1. The van der Waals surface area contributed by atoms with E-state index in [0.29, 0.717) is 4.57 Å². The Morgan fingerprint density at radius 1 is 1.18 bits per heavy atom. The number of nitro benzene ring substituents is 1. The highest BCUT2D eigenvalue weighted by Gasteiger charge is 2.17. The highest BCUT2D eigenvalue weighted by Crippen LogP contribution is 2.18. The van der Waals surface area contributed by atoms with Gasteiger partial charge in [-0.15, -0.1) is 0 Å². The van der Waals surface area contributed by atoms with Crippen LogP contribution in [0.15, 0.2) is 58.3 Å². The predicted molar refractivity (Wildman–Crippen MR) is 98.7 cm³/mol. The van der Waals surface area contributed by atoms with Gasteiger partial charge in [-0.3, -0.25) is 19.7 Å². The molecule has 1 amide bonds. The molecule has 9 nitrogen and oxygen atoms in total. The highest BCUT2D eigenvalue weighted by atomic mass is 35.5. The molecule has 0 aliphatic rings. The van der Waals surface area contributed by atoms with Crippen LogP contribution in [0.1, 0.15) is 10.4 Å². The van der Waals surface area contributed by atoms with Crippen molar-refractivity contribution in [3.05, 3.63) is 96.0 Å². The lowest BCUT2D eigenvalue weighted by atomic mass is 10.2. The van der Waals surface area contributed by atoms with Gasteiger partial charge < -0.3 is 10.3 Å². The molecule has 0 aliphatic carbocycles. The Morgan fingerprint density at radius 2 is 1.86 bits per heavy atom. The van der Waals surface area contributed by atoms with Gasteiger partial charge in [-0.05, 0) is 30.3 Å². The molecule has 0 saturated heterocycles. The Labute approximate surface area is 160 Å². The third-order valence-electron chi connectivity index (χ3n) is 3.72. The maximum atomic E-state index is 13.3. The van der Waals surface area contributed by atoms with Crippen LogP contribution in [0, 0.1) is 15.9 Å². The van der Waals surface area contributed by atoms with E-state index in [9.17, 15) is 28.9 Å². The fraction of sp³-hybridized carbons (Fsp3) is 0. The lowest BCUT2D eigenvalue weighted by Gasteiger charge is -2.08. The second kappa shape index (κ2) is 7.45. The van der Waals surface area contributed by atoms with Gasteiger partial charge >= 0.3 is 5.69 Å². The molecule has 3 aromatic rings. The number of halogens is 2. The molecule has 0 bridgehead atoms. The van der Waals surface area contributed by atoms with Gasteiger partial charge in [0.15, 0.2) is 0 Å². The van der Waals surface area contributed by atoms with Crippen LogP contribution in [-0.4, -0.2) is 20.4 Å². The number of hydrogen-bond donors (Lipinski definition) is 2. The standard InChI is InChI=1S/C17H10ClFN4O5/c18-13-7-11(5-6-14(13)19)22-16(25)12(8-20-17(22)26)15(24)21-9-1-3-10(4-2-9)23(27)28/h1-8H,(H,20,26)(H,21,24). The molecular weight excluding hydrogens is 395 g/mol. The summed E-state index contributed by atoms with van der Waals surface area (Å²) < 4.78 is 14.0. The monoisotopic (exact) mass is 404 g/mol. The van der Waals surface area contributed by atoms with Crippen molar-refractivity contribution >= 4 is 28.9 Å². The number of benzene rings is 2. The van der Waals surface area contributed by atoms with Gasteiger partial charge in [0.05, 0.1) is 15.6 Å². The van der Waals surface area contributed by atoms with Crippen LogP contribution in [0.4, 0.5) is 15.8 Å². The summed E-state index contributed by atoms with van der Waals surface area (Å²) in [5.41, 5.74) is -2.19. The molecule has 0 radical (unpaired) electrons. The second-order valence-electron chi connectivity index (χ2n) is 5.50. The number of anilines is 1. The lowest BCUT2D eigenvalue weighted by molar-refractivity contribution is -0.384. The van der Waals surface area contributed by atoms with E-state index >= 15 is 0 Å². The quantitative estimate of drug-likeness (QED) is 0.510. The Balaban J connectivity index is 1.97. The molecule has 142 valence electrons. The number of nitro groups is 1. The van der Waals surface area contributed by atoms with Crippen LogP contribution in [-0.2, 0) is 0 Å². The molecule has 0 spiro atoms. The number of carbonyl (C=O) groups excluding carboxylic acids is 1. The Kier molecular flexibility index (Phi) is 5.05. The van der Waals surface area contributed by atoms with Gasteiger partial charge in [-0.1, -0.05) is 11.6 Å². The second-order valence-corrected chi connectivity index (χ2v) is 5.91. The predicted octanol–water partition coefficient (Wildman–Crippen LogP) is 2.48. The molecule has 0 atom stereocenters. The van der Waals surface area contributed by atoms with E-state index in [2.05, 4.69) is 10.3 Å². The van der Waals surface area contributed by atoms with E-state index in [1.54, 1.807) is 0 Å². The number of non-ortho nitro benzene ring substituents is 1. The van der Waals surface area contributed by atoms with Crippen molar-refractivity contribution < 1.29 is 14.1 Å². The summed E-state index contributed by atoms with van der Waals surface area (Å²) in [6, 6.07) is 8.16. The van der Waals surface area contributed by atoms with Crippen molar-refractivity contribution in [1.29, 1.82) is 0 Å². The van der Waals surface area contributed by atoms with Crippen LogP contribution in [0.3, 0.4) is 0 Å². The minimum Gasteiger partial charge on any atom is -0.322 e. The zero-order chi connectivity index (χ0) is 20.4. The average molecular weight is 405 g/mol. The lowest BCUT2D eigenvalue weighted by Crippen LogP contribution is -2.38. The average Bonchev–Trinajstić information content (AvgIpc) is 2.65. The molecular formula is C17H10ClFN4O5. The fourth-order valence-corrected chi connectivity index (χ4v) is 2.53.